The summed E-state index contributed by atoms with van der Waals surface area (Å²) in [6, 6.07) is 48.4. The molecule has 0 N–H and O–H groups in total. The van der Waals surface area contributed by atoms with Crippen molar-refractivity contribution < 1.29 is 0 Å². The number of hydrogen-bond donors (Lipinski definition) is 0. The number of alkyl halides is 1. The highest BCUT2D eigenvalue weighted by atomic mass is 127. The Morgan fingerprint density at radius 2 is 1.04 bits per heavy atom. The van der Waals surface area contributed by atoms with Gasteiger partial charge in [-0.25, -0.2) is 0 Å². The summed E-state index contributed by atoms with van der Waals surface area (Å²) in [5.41, 5.74) is 10.8. The smallest absolute Gasteiger partial charge is 0.0666 e. The van der Waals surface area contributed by atoms with Crippen molar-refractivity contribution in [1.29, 1.82) is 0 Å². The molecule has 0 fully saturated rings. The number of halogens is 11. The van der Waals surface area contributed by atoms with Gasteiger partial charge in [0.1, 0.15) is 0 Å². The quantitative estimate of drug-likeness (QED) is 0.115. The minimum Gasteiger partial charge on any atom is -0.0666 e. The molecular weight excluding hydrogens is 1900 g/mol. The van der Waals surface area contributed by atoms with Crippen molar-refractivity contribution in [3.8, 4) is 0 Å². The fourth-order valence-corrected chi connectivity index (χ4v) is 16.5. The van der Waals surface area contributed by atoms with Crippen LogP contribution in [0.1, 0.15) is 33.4 Å². The monoisotopic (exact) mass is 1920 g/mol. The summed E-state index contributed by atoms with van der Waals surface area (Å²) < 4.78 is 11.8. The molecule has 2 atom stereocenters. The molecule has 53 heavy (non-hydrogen) atoms. The van der Waals surface area contributed by atoms with E-state index in [4.69, 9.17) is 0 Å². The van der Waals surface area contributed by atoms with E-state index in [0.717, 1.165) is 0 Å². The highest BCUT2D eigenvalue weighted by Crippen LogP contribution is 2.71. The lowest BCUT2D eigenvalue weighted by atomic mass is 9.55. The SMILES string of the molecule is IC1=C(c2cccc(I)c2I)C(c2ccc(I)cc2I)=C(c2ccc(I)c(I)c2)C(I)(c2ccccc2)C1(c1ccc(I)cc1)c1cc(I)ccc1I. The average Bonchev–Trinajstić information content (AvgIpc) is 3.13. The maximum Gasteiger partial charge on any atom is 0.0913 e. The van der Waals surface area contributed by atoms with E-state index in [1.807, 2.05) is 0 Å². The van der Waals surface area contributed by atoms with E-state index in [2.05, 4.69) is 376 Å². The van der Waals surface area contributed by atoms with Crippen molar-refractivity contribution in [1.82, 2.24) is 0 Å². The molecule has 0 aliphatic heterocycles. The van der Waals surface area contributed by atoms with E-state index in [-0.39, 0.29) is 0 Å². The van der Waals surface area contributed by atoms with Gasteiger partial charge < -0.3 is 0 Å². The topological polar surface area (TPSA) is 0 Å². The van der Waals surface area contributed by atoms with Gasteiger partial charge >= 0.3 is 0 Å². The molecule has 11 heteroatoms. The highest BCUT2D eigenvalue weighted by Gasteiger charge is 2.62. The third-order valence-corrected chi connectivity index (χ3v) is 22.5. The molecule has 1 aliphatic carbocycles. The molecule has 0 saturated heterocycles. The molecule has 0 saturated carbocycles. The molecule has 2 unspecified atom stereocenters. The highest BCUT2D eigenvalue weighted by molar-refractivity contribution is 14.1. The Morgan fingerprint density at radius 1 is 0.396 bits per heavy atom. The second-order valence-corrected chi connectivity index (χ2v) is 25.5. The van der Waals surface area contributed by atoms with E-state index in [1.54, 1.807) is 0 Å². The molecule has 0 amide bonds. The Balaban J connectivity index is 1.87. The predicted molar refractivity (Wildman–Crippen MR) is 317 cm³/mol. The van der Waals surface area contributed by atoms with Gasteiger partial charge in [-0.1, -0.05) is 89.3 Å². The van der Waals surface area contributed by atoms with Crippen molar-refractivity contribution in [2.45, 2.75) is 8.84 Å². The number of rotatable bonds is 6. The molecule has 6 aromatic carbocycles. The average molecular weight is 1920 g/mol. The fraction of sp³-hybridized carbons (Fsp3) is 0.0476. The van der Waals surface area contributed by atoms with Crippen molar-refractivity contribution in [2.24, 2.45) is 0 Å². The summed E-state index contributed by atoms with van der Waals surface area (Å²) in [7, 11) is 0. The van der Waals surface area contributed by atoms with Gasteiger partial charge in [0, 0.05) is 41.3 Å². The fourth-order valence-electron chi connectivity index (χ4n) is 7.14. The van der Waals surface area contributed by atoms with Gasteiger partial charge in [-0.15, -0.1) is 0 Å². The van der Waals surface area contributed by atoms with Crippen molar-refractivity contribution in [3.63, 3.8) is 0 Å². The Kier molecular flexibility index (Phi) is 15.3. The van der Waals surface area contributed by atoms with Crippen LogP contribution in [0.15, 0.2) is 131 Å². The maximum absolute atomic E-state index is 2.91. The van der Waals surface area contributed by atoms with Crippen LogP contribution >= 0.6 is 248 Å². The minimum absolute atomic E-state index is 0.631. The van der Waals surface area contributed by atoms with Gasteiger partial charge in [0.2, 0.25) is 0 Å². The normalized spacial score (nSPS) is 18.8. The zero-order valence-corrected chi connectivity index (χ0v) is 50.5. The van der Waals surface area contributed by atoms with Crippen LogP contribution < -0.4 is 0 Å². The van der Waals surface area contributed by atoms with E-state index in [1.165, 1.54) is 85.8 Å². The standard InChI is InChI=1S/C42H21I11/c43-25-12-10-23(11-13-25)41(30-20-26(44)15-18-31(30)46)40(52)37(29-7-4-8-33(48)39(29)51)36(28-16-14-27(45)21-34(28)49)38(22-9-17-32(47)35(50)19-22)42(41,53)24-5-2-1-3-6-24/h1-21H. The van der Waals surface area contributed by atoms with Gasteiger partial charge in [0.25, 0.3) is 0 Å². The number of allylic oxidation sites excluding steroid dienone is 4. The first-order valence-electron chi connectivity index (χ1n) is 15.8. The van der Waals surface area contributed by atoms with Crippen LogP contribution in [0.2, 0.25) is 0 Å². The van der Waals surface area contributed by atoms with Gasteiger partial charge in [-0.2, -0.15) is 0 Å². The second-order valence-electron chi connectivity index (χ2n) is 12.2. The third kappa shape index (κ3) is 8.17. The summed E-state index contributed by atoms with van der Waals surface area (Å²) >= 11 is 28.4. The zero-order valence-electron chi connectivity index (χ0n) is 26.8. The summed E-state index contributed by atoms with van der Waals surface area (Å²) in [5, 5.41) is 0. The van der Waals surface area contributed by atoms with Gasteiger partial charge in [-0.3, -0.25) is 0 Å². The largest absolute Gasteiger partial charge is 0.0913 e. The van der Waals surface area contributed by atoms with Crippen LogP contribution in [0, 0.1) is 32.1 Å². The van der Waals surface area contributed by atoms with E-state index in [9.17, 15) is 0 Å². The van der Waals surface area contributed by atoms with Crippen LogP contribution in [0.25, 0.3) is 16.7 Å². The first-order chi connectivity index (χ1) is 25.3. The van der Waals surface area contributed by atoms with Gasteiger partial charge in [0.15, 0.2) is 0 Å². The molecule has 0 radical (unpaired) electrons. The Bertz CT molecular complexity index is 2470. The lowest BCUT2D eigenvalue weighted by Crippen LogP contribution is -2.50. The van der Waals surface area contributed by atoms with Crippen LogP contribution in [-0.4, -0.2) is 0 Å². The number of hydrogen-bond acceptors (Lipinski definition) is 0. The van der Waals surface area contributed by atoms with Crippen LogP contribution in [0.4, 0.5) is 0 Å². The molecule has 0 nitrogen and oxygen atoms in total. The summed E-state index contributed by atoms with van der Waals surface area (Å²) in [6.07, 6.45) is 0. The first kappa shape index (κ1) is 43.9. The maximum atomic E-state index is 2.91. The molecular formula is C42H21I11. The molecule has 6 aromatic rings. The Hall–Kier alpha value is 2.83. The van der Waals surface area contributed by atoms with E-state index >= 15 is 0 Å². The molecule has 0 heterocycles. The second kappa shape index (κ2) is 18.4. The van der Waals surface area contributed by atoms with Gasteiger partial charge in [-0.05, 0) is 331 Å². The molecule has 7 rings (SSSR count). The van der Waals surface area contributed by atoms with Crippen molar-refractivity contribution >= 4 is 265 Å². The lowest BCUT2D eigenvalue weighted by molar-refractivity contribution is 0.552. The number of benzene rings is 6. The molecule has 0 aromatic heterocycles. The van der Waals surface area contributed by atoms with Crippen LogP contribution in [0.5, 0.6) is 0 Å². The minimum atomic E-state index is -0.654. The molecule has 0 bridgehead atoms. The summed E-state index contributed by atoms with van der Waals surface area (Å²) in [5.74, 6) is 0. The van der Waals surface area contributed by atoms with E-state index < -0.39 is 8.84 Å². The summed E-state index contributed by atoms with van der Waals surface area (Å²) in [6.45, 7) is 0. The Labute approximate surface area is 460 Å². The third-order valence-electron chi connectivity index (χ3n) is 9.32. The van der Waals surface area contributed by atoms with E-state index in [0.29, 0.717) is 0 Å². The van der Waals surface area contributed by atoms with Crippen molar-refractivity contribution in [3.05, 3.63) is 196 Å². The first-order valence-corrected chi connectivity index (χ1v) is 27.6. The summed E-state index contributed by atoms with van der Waals surface area (Å²) in [4.78, 5) is 0. The predicted octanol–water partition coefficient (Wildman–Crippen LogP) is 17.2. The molecule has 1 aliphatic rings. The van der Waals surface area contributed by atoms with Crippen molar-refractivity contribution in [2.75, 3.05) is 0 Å². The lowest BCUT2D eigenvalue weighted by Gasteiger charge is -2.55. The van der Waals surface area contributed by atoms with Gasteiger partial charge in [0.05, 0.1) is 8.84 Å². The molecule has 266 valence electrons. The Morgan fingerprint density at radius 3 is 1.72 bits per heavy atom. The molecule has 0 spiro atoms. The zero-order chi connectivity index (χ0) is 37.8. The van der Waals surface area contributed by atoms with Crippen LogP contribution in [-0.2, 0) is 8.84 Å². The van der Waals surface area contributed by atoms with Crippen LogP contribution in [0.3, 0.4) is 0 Å².